The number of anilines is 1. The van der Waals surface area contributed by atoms with Gasteiger partial charge in [-0.2, -0.15) is 0 Å². The summed E-state index contributed by atoms with van der Waals surface area (Å²) in [6, 6.07) is 16.4. The molecule has 0 saturated carbocycles. The monoisotopic (exact) mass is 311 g/mol. The molecule has 118 valence electrons. The lowest BCUT2D eigenvalue weighted by atomic mass is 10.3. The molecule has 6 nitrogen and oxygen atoms in total. The zero-order valence-corrected chi connectivity index (χ0v) is 12.5. The molecule has 0 radical (unpaired) electrons. The van der Waals surface area contributed by atoms with E-state index >= 15 is 0 Å². The molecule has 0 atom stereocenters. The van der Waals surface area contributed by atoms with Crippen molar-refractivity contribution in [1.82, 2.24) is 10.2 Å². The average molecular weight is 311 g/mol. The molecule has 2 aromatic rings. The van der Waals surface area contributed by atoms with E-state index < -0.39 is 0 Å². The van der Waals surface area contributed by atoms with Gasteiger partial charge >= 0.3 is 6.03 Å². The summed E-state index contributed by atoms with van der Waals surface area (Å²) in [5.41, 5.74) is 0.698. The maximum Gasteiger partial charge on any atom is 0.324 e. The Balaban J connectivity index is 1.66. The second kappa shape index (κ2) is 6.83. The molecule has 1 saturated heterocycles. The summed E-state index contributed by atoms with van der Waals surface area (Å²) in [7, 11) is 0. The second-order valence-corrected chi connectivity index (χ2v) is 5.04. The van der Waals surface area contributed by atoms with Gasteiger partial charge in [0.25, 0.3) is 0 Å². The minimum absolute atomic E-state index is 0.0303. The Kier molecular flexibility index (Phi) is 4.42. The van der Waals surface area contributed by atoms with Gasteiger partial charge in [0, 0.05) is 13.1 Å². The zero-order valence-electron chi connectivity index (χ0n) is 12.5. The second-order valence-electron chi connectivity index (χ2n) is 5.04. The first-order valence-corrected chi connectivity index (χ1v) is 7.38. The molecule has 23 heavy (non-hydrogen) atoms. The molecule has 1 fully saturated rings. The predicted octanol–water partition coefficient (Wildman–Crippen LogP) is 2.44. The highest BCUT2D eigenvalue weighted by molar-refractivity contribution is 5.97. The normalized spacial score (nSPS) is 13.6. The highest BCUT2D eigenvalue weighted by Crippen LogP contribution is 2.28. The summed E-state index contributed by atoms with van der Waals surface area (Å²) < 4.78 is 5.82. The summed E-state index contributed by atoms with van der Waals surface area (Å²) in [5.74, 6) is 1.07. The van der Waals surface area contributed by atoms with Crippen molar-refractivity contribution < 1.29 is 14.3 Å². The number of ether oxygens (including phenoxy) is 1. The molecule has 0 spiro atoms. The molecule has 6 heteroatoms. The quantitative estimate of drug-likeness (QED) is 0.890. The van der Waals surface area contributed by atoms with Crippen LogP contribution in [0.25, 0.3) is 0 Å². The fourth-order valence-corrected chi connectivity index (χ4v) is 2.29. The molecule has 1 aliphatic heterocycles. The lowest BCUT2D eigenvalue weighted by molar-refractivity contribution is -0.125. The molecule has 3 rings (SSSR count). The third-order valence-corrected chi connectivity index (χ3v) is 3.45. The Bertz CT molecular complexity index is 703. The molecule has 3 amide bonds. The van der Waals surface area contributed by atoms with E-state index in [1.165, 1.54) is 4.90 Å². The molecular formula is C17H17N3O3. The number of benzene rings is 2. The third kappa shape index (κ3) is 3.60. The lowest BCUT2D eigenvalue weighted by Crippen LogP contribution is -2.38. The number of rotatable bonds is 5. The van der Waals surface area contributed by atoms with E-state index in [1.54, 1.807) is 0 Å². The summed E-state index contributed by atoms with van der Waals surface area (Å²) >= 11 is 0. The number of hydrogen-bond donors (Lipinski definition) is 2. The van der Waals surface area contributed by atoms with Crippen LogP contribution in [0.1, 0.15) is 0 Å². The Morgan fingerprint density at radius 1 is 1.13 bits per heavy atom. The highest BCUT2D eigenvalue weighted by atomic mass is 16.5. The molecule has 2 aromatic carbocycles. The Morgan fingerprint density at radius 3 is 2.61 bits per heavy atom. The Morgan fingerprint density at radius 2 is 1.87 bits per heavy atom. The van der Waals surface area contributed by atoms with E-state index in [-0.39, 0.29) is 18.5 Å². The molecule has 1 aliphatic rings. The van der Waals surface area contributed by atoms with Gasteiger partial charge in [0.1, 0.15) is 5.75 Å². The van der Waals surface area contributed by atoms with E-state index in [9.17, 15) is 9.59 Å². The molecular weight excluding hydrogens is 294 g/mol. The van der Waals surface area contributed by atoms with Crippen LogP contribution >= 0.6 is 0 Å². The molecule has 0 aromatic heterocycles. The SMILES string of the molecule is O=C(CNc1ccccc1Oc1ccccc1)N1CCNC1=O. The first-order valence-electron chi connectivity index (χ1n) is 7.38. The lowest BCUT2D eigenvalue weighted by Gasteiger charge is -2.15. The number of hydrogen-bond acceptors (Lipinski definition) is 4. The van der Waals surface area contributed by atoms with Crippen molar-refractivity contribution in [1.29, 1.82) is 0 Å². The van der Waals surface area contributed by atoms with Crippen LogP contribution in [0.2, 0.25) is 0 Å². The van der Waals surface area contributed by atoms with Crippen LogP contribution in [-0.4, -0.2) is 36.5 Å². The summed E-state index contributed by atoms with van der Waals surface area (Å²) in [4.78, 5) is 24.7. The predicted molar refractivity (Wildman–Crippen MR) is 86.6 cm³/mol. The number of para-hydroxylation sites is 3. The molecule has 0 bridgehead atoms. The van der Waals surface area contributed by atoms with Crippen molar-refractivity contribution in [3.05, 3.63) is 54.6 Å². The number of carbonyl (C=O) groups is 2. The van der Waals surface area contributed by atoms with Gasteiger partial charge in [-0.15, -0.1) is 0 Å². The number of amides is 3. The summed E-state index contributed by atoms with van der Waals surface area (Å²) in [5, 5.41) is 5.64. The van der Waals surface area contributed by atoms with Crippen LogP contribution in [-0.2, 0) is 4.79 Å². The number of carbonyl (C=O) groups excluding carboxylic acids is 2. The van der Waals surface area contributed by atoms with E-state index in [4.69, 9.17) is 4.74 Å². The van der Waals surface area contributed by atoms with Crippen LogP contribution in [0.4, 0.5) is 10.5 Å². The van der Waals surface area contributed by atoms with Crippen LogP contribution in [0.5, 0.6) is 11.5 Å². The highest BCUT2D eigenvalue weighted by Gasteiger charge is 2.25. The minimum Gasteiger partial charge on any atom is -0.455 e. The van der Waals surface area contributed by atoms with Gasteiger partial charge in [-0.3, -0.25) is 9.69 Å². The van der Waals surface area contributed by atoms with Gasteiger partial charge in [0.15, 0.2) is 5.75 Å². The van der Waals surface area contributed by atoms with E-state index in [0.29, 0.717) is 30.3 Å². The van der Waals surface area contributed by atoms with Gasteiger partial charge in [-0.05, 0) is 24.3 Å². The smallest absolute Gasteiger partial charge is 0.324 e. The third-order valence-electron chi connectivity index (χ3n) is 3.45. The molecule has 0 unspecified atom stereocenters. The topological polar surface area (TPSA) is 70.7 Å². The van der Waals surface area contributed by atoms with Crippen LogP contribution < -0.4 is 15.4 Å². The fraction of sp³-hybridized carbons (Fsp3) is 0.176. The van der Waals surface area contributed by atoms with Crippen molar-refractivity contribution in [2.75, 3.05) is 25.0 Å². The maximum atomic E-state index is 12.1. The van der Waals surface area contributed by atoms with E-state index in [0.717, 1.165) is 0 Å². The summed E-state index contributed by atoms with van der Waals surface area (Å²) in [6.07, 6.45) is 0. The van der Waals surface area contributed by atoms with Crippen LogP contribution in [0.15, 0.2) is 54.6 Å². The first-order chi connectivity index (χ1) is 11.2. The van der Waals surface area contributed by atoms with Crippen molar-refractivity contribution in [2.24, 2.45) is 0 Å². The zero-order chi connectivity index (χ0) is 16.1. The maximum absolute atomic E-state index is 12.1. The number of nitrogens with zero attached hydrogens (tertiary/aromatic N) is 1. The van der Waals surface area contributed by atoms with Gasteiger partial charge in [0.2, 0.25) is 5.91 Å². The van der Waals surface area contributed by atoms with Crippen molar-refractivity contribution in [3.8, 4) is 11.5 Å². The molecule has 2 N–H and O–H groups in total. The largest absolute Gasteiger partial charge is 0.455 e. The van der Waals surface area contributed by atoms with Gasteiger partial charge in [-0.1, -0.05) is 30.3 Å². The van der Waals surface area contributed by atoms with Gasteiger partial charge < -0.3 is 15.4 Å². The van der Waals surface area contributed by atoms with Crippen LogP contribution in [0, 0.1) is 0 Å². The number of imide groups is 1. The van der Waals surface area contributed by atoms with Crippen molar-refractivity contribution in [3.63, 3.8) is 0 Å². The Labute approximate surface area is 134 Å². The molecule has 0 aliphatic carbocycles. The van der Waals surface area contributed by atoms with E-state index in [2.05, 4.69) is 10.6 Å². The number of urea groups is 1. The average Bonchev–Trinajstić information content (AvgIpc) is 3.01. The number of nitrogens with one attached hydrogen (secondary N) is 2. The standard InChI is InChI=1S/C17H17N3O3/c21-16(20-11-10-18-17(20)22)12-19-14-8-4-5-9-15(14)23-13-6-2-1-3-7-13/h1-9,19H,10-12H2,(H,18,22). The fourth-order valence-electron chi connectivity index (χ4n) is 2.29. The summed E-state index contributed by atoms with van der Waals surface area (Å²) in [6.45, 7) is 0.933. The minimum atomic E-state index is -0.342. The van der Waals surface area contributed by atoms with Crippen LogP contribution in [0.3, 0.4) is 0 Å². The van der Waals surface area contributed by atoms with Crippen molar-refractivity contribution >= 4 is 17.6 Å². The van der Waals surface area contributed by atoms with Gasteiger partial charge in [-0.25, -0.2) is 4.79 Å². The first kappa shape index (κ1) is 14.9. The van der Waals surface area contributed by atoms with E-state index in [1.807, 2.05) is 54.6 Å². The molecule has 1 heterocycles. The van der Waals surface area contributed by atoms with Crippen molar-refractivity contribution in [2.45, 2.75) is 0 Å². The Hall–Kier alpha value is -3.02. The van der Waals surface area contributed by atoms with Gasteiger partial charge in [0.05, 0.1) is 12.2 Å².